The van der Waals surface area contributed by atoms with Gasteiger partial charge in [0.15, 0.2) is 16.9 Å². The van der Waals surface area contributed by atoms with Crippen LogP contribution in [0.4, 0.5) is 0 Å². The summed E-state index contributed by atoms with van der Waals surface area (Å²) in [6, 6.07) is 19.2. The van der Waals surface area contributed by atoms with Crippen LogP contribution in [0.15, 0.2) is 75.9 Å². The Labute approximate surface area is 214 Å². The van der Waals surface area contributed by atoms with Crippen LogP contribution in [-0.2, 0) is 6.54 Å². The van der Waals surface area contributed by atoms with E-state index in [-0.39, 0.29) is 23.6 Å². The lowest BCUT2D eigenvalue weighted by Crippen LogP contribution is -2.29. The van der Waals surface area contributed by atoms with E-state index in [0.717, 1.165) is 17.5 Å². The molecule has 4 aromatic rings. The summed E-state index contributed by atoms with van der Waals surface area (Å²) >= 11 is 6.07. The van der Waals surface area contributed by atoms with E-state index in [9.17, 15) is 9.59 Å². The fourth-order valence-corrected chi connectivity index (χ4v) is 4.68. The van der Waals surface area contributed by atoms with Gasteiger partial charge in [-0.15, -0.1) is 0 Å². The third kappa shape index (κ3) is 4.33. The molecule has 1 amide bonds. The molecular weight excluding hydrogens is 478 g/mol. The molecule has 1 aliphatic heterocycles. The highest BCUT2D eigenvalue weighted by atomic mass is 35.5. The lowest BCUT2D eigenvalue weighted by Gasteiger charge is -2.26. The fraction of sp³-hybridized carbons (Fsp3) is 0.241. The predicted octanol–water partition coefficient (Wildman–Crippen LogP) is 6.38. The minimum Gasteiger partial charge on any atom is -0.490 e. The SMILES string of the molecule is CCCOc1ccc(C2c3c(oc4ccccc4c3=O)C(=O)N2Cc2ccc(Cl)cc2)cc1OCC. The number of amides is 1. The first-order valence-corrected chi connectivity index (χ1v) is 12.4. The second-order valence-electron chi connectivity index (χ2n) is 8.62. The molecule has 1 unspecified atom stereocenters. The zero-order valence-corrected chi connectivity index (χ0v) is 20.9. The largest absolute Gasteiger partial charge is 0.490 e. The summed E-state index contributed by atoms with van der Waals surface area (Å²) in [6.07, 6.45) is 0.862. The number of halogens is 1. The van der Waals surface area contributed by atoms with Crippen LogP contribution >= 0.6 is 11.6 Å². The summed E-state index contributed by atoms with van der Waals surface area (Å²) in [7, 11) is 0. The Hall–Kier alpha value is -3.77. The van der Waals surface area contributed by atoms with Gasteiger partial charge in [-0.3, -0.25) is 9.59 Å². The minimum absolute atomic E-state index is 0.0712. The molecule has 184 valence electrons. The fourth-order valence-electron chi connectivity index (χ4n) is 4.56. The van der Waals surface area contributed by atoms with Crippen LogP contribution in [0.25, 0.3) is 11.0 Å². The zero-order valence-electron chi connectivity index (χ0n) is 20.1. The zero-order chi connectivity index (χ0) is 25.2. The van der Waals surface area contributed by atoms with Gasteiger partial charge in [-0.2, -0.15) is 0 Å². The van der Waals surface area contributed by atoms with Gasteiger partial charge in [-0.25, -0.2) is 0 Å². The van der Waals surface area contributed by atoms with Crippen molar-refractivity contribution >= 4 is 28.5 Å². The monoisotopic (exact) mass is 503 g/mol. The molecule has 0 N–H and O–H groups in total. The summed E-state index contributed by atoms with van der Waals surface area (Å²) in [4.78, 5) is 29.0. The summed E-state index contributed by atoms with van der Waals surface area (Å²) in [5.41, 5.74) is 2.13. The van der Waals surface area contributed by atoms with Gasteiger partial charge in [0.1, 0.15) is 5.58 Å². The number of fused-ring (bicyclic) bond motifs is 2. The predicted molar refractivity (Wildman–Crippen MR) is 139 cm³/mol. The second-order valence-corrected chi connectivity index (χ2v) is 9.06. The first-order valence-electron chi connectivity index (χ1n) is 12.0. The van der Waals surface area contributed by atoms with Crippen molar-refractivity contribution in [3.05, 3.63) is 104 Å². The maximum absolute atomic E-state index is 13.7. The Bertz CT molecular complexity index is 1480. The molecule has 0 bridgehead atoms. The van der Waals surface area contributed by atoms with Crippen molar-refractivity contribution in [2.75, 3.05) is 13.2 Å². The minimum atomic E-state index is -0.650. The van der Waals surface area contributed by atoms with Crippen molar-refractivity contribution in [2.45, 2.75) is 32.9 Å². The summed E-state index contributed by atoms with van der Waals surface area (Å²) in [5, 5.41) is 1.05. The molecule has 2 heterocycles. The Morgan fingerprint density at radius 3 is 2.47 bits per heavy atom. The molecule has 0 fully saturated rings. The van der Waals surface area contributed by atoms with Crippen LogP contribution in [0.5, 0.6) is 11.5 Å². The van der Waals surface area contributed by atoms with Gasteiger partial charge in [-0.1, -0.05) is 48.9 Å². The van der Waals surface area contributed by atoms with Crippen molar-refractivity contribution in [1.82, 2.24) is 4.90 Å². The molecule has 7 heteroatoms. The van der Waals surface area contributed by atoms with Crippen LogP contribution < -0.4 is 14.9 Å². The van der Waals surface area contributed by atoms with Gasteiger partial charge in [0.05, 0.1) is 30.2 Å². The van der Waals surface area contributed by atoms with E-state index < -0.39 is 6.04 Å². The number of hydrogen-bond donors (Lipinski definition) is 0. The van der Waals surface area contributed by atoms with E-state index in [1.54, 1.807) is 41.3 Å². The smallest absolute Gasteiger partial charge is 0.291 e. The van der Waals surface area contributed by atoms with Crippen LogP contribution in [0.3, 0.4) is 0 Å². The molecule has 6 nitrogen and oxygen atoms in total. The first-order chi connectivity index (χ1) is 17.5. The lowest BCUT2D eigenvalue weighted by atomic mass is 9.97. The van der Waals surface area contributed by atoms with Crippen LogP contribution in [0.2, 0.25) is 5.02 Å². The second kappa shape index (κ2) is 10.1. The van der Waals surface area contributed by atoms with Gasteiger partial charge < -0.3 is 18.8 Å². The lowest BCUT2D eigenvalue weighted by molar-refractivity contribution is 0.0714. The topological polar surface area (TPSA) is 69.0 Å². The molecule has 1 aliphatic rings. The molecule has 0 saturated carbocycles. The van der Waals surface area contributed by atoms with Crippen molar-refractivity contribution in [1.29, 1.82) is 0 Å². The van der Waals surface area contributed by atoms with Gasteiger partial charge >= 0.3 is 0 Å². The Morgan fingerprint density at radius 1 is 0.944 bits per heavy atom. The number of para-hydroxylation sites is 1. The van der Waals surface area contributed by atoms with Crippen molar-refractivity contribution < 1.29 is 18.7 Å². The summed E-state index contributed by atoms with van der Waals surface area (Å²) in [6.45, 7) is 5.22. The highest BCUT2D eigenvalue weighted by molar-refractivity contribution is 6.30. The Morgan fingerprint density at radius 2 is 1.72 bits per heavy atom. The molecule has 0 spiro atoms. The molecule has 0 radical (unpaired) electrons. The summed E-state index contributed by atoms with van der Waals surface area (Å²) in [5.74, 6) is 0.932. The highest BCUT2D eigenvalue weighted by Crippen LogP contribution is 2.41. The summed E-state index contributed by atoms with van der Waals surface area (Å²) < 4.78 is 17.8. The van der Waals surface area contributed by atoms with Crippen LogP contribution in [0, 0.1) is 0 Å². The maximum Gasteiger partial charge on any atom is 0.291 e. The van der Waals surface area contributed by atoms with Gasteiger partial charge in [0.25, 0.3) is 5.91 Å². The number of carbonyl (C=O) groups is 1. The molecule has 0 saturated heterocycles. The number of hydrogen-bond acceptors (Lipinski definition) is 5. The van der Waals surface area contributed by atoms with Crippen LogP contribution in [0.1, 0.15) is 53.6 Å². The van der Waals surface area contributed by atoms with E-state index in [1.165, 1.54) is 0 Å². The third-order valence-corrected chi connectivity index (χ3v) is 6.44. The molecular formula is C29H26ClNO5. The van der Waals surface area contributed by atoms with E-state index in [0.29, 0.717) is 46.3 Å². The number of carbonyl (C=O) groups excluding carboxylic acids is 1. The molecule has 1 aromatic heterocycles. The standard InChI is InChI=1S/C29H26ClNO5/c1-3-15-35-23-14-11-19(16-24(23)34-4-2)26-25-27(32)21-7-5-6-8-22(21)36-28(25)29(33)31(26)17-18-9-12-20(30)13-10-18/h5-14,16,26H,3-4,15,17H2,1-2H3. The molecule has 3 aromatic carbocycles. The molecule has 5 rings (SSSR count). The van der Waals surface area contributed by atoms with Gasteiger partial charge in [-0.05, 0) is 60.9 Å². The molecule has 1 atom stereocenters. The average Bonchev–Trinajstić information content (AvgIpc) is 3.16. The average molecular weight is 504 g/mol. The van der Waals surface area contributed by atoms with E-state index >= 15 is 0 Å². The Balaban J connectivity index is 1.67. The van der Waals surface area contributed by atoms with E-state index in [4.69, 9.17) is 25.5 Å². The number of ether oxygens (including phenoxy) is 2. The number of rotatable bonds is 8. The maximum atomic E-state index is 13.7. The molecule has 36 heavy (non-hydrogen) atoms. The number of nitrogens with zero attached hydrogens (tertiary/aromatic N) is 1. The van der Waals surface area contributed by atoms with E-state index in [2.05, 4.69) is 0 Å². The quantitative estimate of drug-likeness (QED) is 0.279. The van der Waals surface area contributed by atoms with Gasteiger partial charge in [0.2, 0.25) is 5.76 Å². The molecule has 0 aliphatic carbocycles. The third-order valence-electron chi connectivity index (χ3n) is 6.18. The van der Waals surface area contributed by atoms with Crippen LogP contribution in [-0.4, -0.2) is 24.0 Å². The van der Waals surface area contributed by atoms with E-state index in [1.807, 2.05) is 44.2 Å². The highest BCUT2D eigenvalue weighted by Gasteiger charge is 2.43. The van der Waals surface area contributed by atoms with Gasteiger partial charge in [0, 0.05) is 11.6 Å². The normalized spacial score (nSPS) is 14.8. The van der Waals surface area contributed by atoms with Crippen molar-refractivity contribution in [2.24, 2.45) is 0 Å². The Kier molecular flexibility index (Phi) is 6.70. The van der Waals surface area contributed by atoms with Crippen molar-refractivity contribution in [3.63, 3.8) is 0 Å². The number of benzene rings is 3. The first kappa shape index (κ1) is 23.9. The van der Waals surface area contributed by atoms with Crippen molar-refractivity contribution in [3.8, 4) is 11.5 Å².